The molecule has 1 aliphatic rings. The van der Waals surface area contributed by atoms with Crippen LogP contribution in [0.15, 0.2) is 36.5 Å². The third kappa shape index (κ3) is 3.65. The molecule has 2 N–H and O–H groups in total. The van der Waals surface area contributed by atoms with Crippen LogP contribution in [0.2, 0.25) is 0 Å². The van der Waals surface area contributed by atoms with Crippen molar-refractivity contribution in [3.05, 3.63) is 53.2 Å². The van der Waals surface area contributed by atoms with Crippen molar-refractivity contribution in [1.29, 1.82) is 0 Å². The van der Waals surface area contributed by atoms with Crippen LogP contribution in [0.25, 0.3) is 0 Å². The van der Waals surface area contributed by atoms with E-state index in [9.17, 15) is 14.4 Å². The SMILES string of the molecule is CCC1(c2ccc(OC)c(C)c2)NC(=O)N(CC(=O)Nc2ncccc2C)C1=O. The average molecular weight is 396 g/mol. The number of hydrogen-bond acceptors (Lipinski definition) is 5. The van der Waals surface area contributed by atoms with E-state index in [1.165, 1.54) is 0 Å². The maximum atomic E-state index is 13.2. The van der Waals surface area contributed by atoms with Crippen LogP contribution in [-0.4, -0.2) is 41.4 Å². The number of aryl methyl sites for hydroxylation is 2. The van der Waals surface area contributed by atoms with Crippen molar-refractivity contribution in [1.82, 2.24) is 15.2 Å². The van der Waals surface area contributed by atoms with Gasteiger partial charge in [-0.1, -0.05) is 19.1 Å². The van der Waals surface area contributed by atoms with Gasteiger partial charge in [-0.05, 0) is 55.2 Å². The molecule has 0 spiro atoms. The van der Waals surface area contributed by atoms with Gasteiger partial charge in [0.2, 0.25) is 5.91 Å². The van der Waals surface area contributed by atoms with Crippen molar-refractivity contribution in [3.8, 4) is 5.75 Å². The number of anilines is 1. The molecule has 1 atom stereocenters. The summed E-state index contributed by atoms with van der Waals surface area (Å²) in [6, 6.07) is 8.31. The van der Waals surface area contributed by atoms with E-state index in [2.05, 4.69) is 15.6 Å². The van der Waals surface area contributed by atoms with E-state index >= 15 is 0 Å². The number of nitrogens with zero attached hydrogens (tertiary/aromatic N) is 2. The van der Waals surface area contributed by atoms with Gasteiger partial charge < -0.3 is 15.4 Å². The fourth-order valence-electron chi connectivity index (χ4n) is 3.48. The highest BCUT2D eigenvalue weighted by molar-refractivity contribution is 6.10. The second-order valence-corrected chi connectivity index (χ2v) is 6.98. The second-order valence-electron chi connectivity index (χ2n) is 6.98. The fraction of sp³-hybridized carbons (Fsp3) is 0.333. The van der Waals surface area contributed by atoms with Gasteiger partial charge in [-0.15, -0.1) is 0 Å². The van der Waals surface area contributed by atoms with Crippen molar-refractivity contribution in [3.63, 3.8) is 0 Å². The first-order valence-corrected chi connectivity index (χ1v) is 9.33. The number of benzene rings is 1. The van der Waals surface area contributed by atoms with Crippen LogP contribution in [0.3, 0.4) is 0 Å². The van der Waals surface area contributed by atoms with Gasteiger partial charge in [-0.3, -0.25) is 14.5 Å². The lowest BCUT2D eigenvalue weighted by Gasteiger charge is -2.26. The third-order valence-corrected chi connectivity index (χ3v) is 5.16. The summed E-state index contributed by atoms with van der Waals surface area (Å²) < 4.78 is 5.28. The highest BCUT2D eigenvalue weighted by atomic mass is 16.5. The van der Waals surface area contributed by atoms with Gasteiger partial charge in [0.25, 0.3) is 5.91 Å². The molecule has 2 heterocycles. The zero-order valence-electron chi connectivity index (χ0n) is 16.9. The van der Waals surface area contributed by atoms with Crippen LogP contribution in [0.5, 0.6) is 5.75 Å². The van der Waals surface area contributed by atoms with Crippen molar-refractivity contribution in [2.45, 2.75) is 32.7 Å². The molecule has 152 valence electrons. The molecular formula is C21H24N4O4. The predicted octanol–water partition coefficient (Wildman–Crippen LogP) is 2.50. The minimum atomic E-state index is -1.21. The molecule has 29 heavy (non-hydrogen) atoms. The molecule has 1 aliphatic heterocycles. The lowest BCUT2D eigenvalue weighted by molar-refractivity contribution is -0.134. The van der Waals surface area contributed by atoms with E-state index in [0.29, 0.717) is 23.6 Å². The third-order valence-electron chi connectivity index (χ3n) is 5.16. The zero-order chi connectivity index (χ0) is 21.2. The molecule has 8 nitrogen and oxygen atoms in total. The largest absolute Gasteiger partial charge is 0.496 e. The Balaban J connectivity index is 1.83. The summed E-state index contributed by atoms with van der Waals surface area (Å²) in [6.07, 6.45) is 1.91. The predicted molar refractivity (Wildman–Crippen MR) is 108 cm³/mol. The number of imide groups is 1. The molecule has 3 rings (SSSR count). The molecule has 2 aromatic rings. The van der Waals surface area contributed by atoms with Gasteiger partial charge in [0.1, 0.15) is 23.7 Å². The monoisotopic (exact) mass is 396 g/mol. The fourth-order valence-corrected chi connectivity index (χ4v) is 3.48. The van der Waals surface area contributed by atoms with Crippen molar-refractivity contribution in [2.75, 3.05) is 19.0 Å². The molecule has 0 radical (unpaired) electrons. The van der Waals surface area contributed by atoms with E-state index in [1.807, 2.05) is 32.9 Å². The van der Waals surface area contributed by atoms with E-state index < -0.39 is 29.9 Å². The van der Waals surface area contributed by atoms with Crippen LogP contribution in [0, 0.1) is 13.8 Å². The van der Waals surface area contributed by atoms with Gasteiger partial charge in [0, 0.05) is 6.20 Å². The maximum Gasteiger partial charge on any atom is 0.325 e. The summed E-state index contributed by atoms with van der Waals surface area (Å²) in [6.45, 7) is 5.11. The van der Waals surface area contributed by atoms with Gasteiger partial charge in [0.05, 0.1) is 7.11 Å². The summed E-state index contributed by atoms with van der Waals surface area (Å²) >= 11 is 0. The summed E-state index contributed by atoms with van der Waals surface area (Å²) in [5.74, 6) is 0.145. The number of carbonyl (C=O) groups is 3. The molecule has 4 amide bonds. The maximum absolute atomic E-state index is 13.2. The van der Waals surface area contributed by atoms with Gasteiger partial charge in [-0.2, -0.15) is 0 Å². The Morgan fingerprint density at radius 2 is 2.00 bits per heavy atom. The lowest BCUT2D eigenvalue weighted by Crippen LogP contribution is -2.44. The van der Waals surface area contributed by atoms with Crippen molar-refractivity contribution < 1.29 is 19.1 Å². The Morgan fingerprint density at radius 1 is 1.24 bits per heavy atom. The Kier molecular flexibility index (Phi) is 5.54. The van der Waals surface area contributed by atoms with Crippen LogP contribution in [0.1, 0.15) is 30.0 Å². The first-order valence-electron chi connectivity index (χ1n) is 9.33. The van der Waals surface area contributed by atoms with Crippen LogP contribution < -0.4 is 15.4 Å². The zero-order valence-corrected chi connectivity index (χ0v) is 16.9. The summed E-state index contributed by atoms with van der Waals surface area (Å²) in [7, 11) is 1.57. The Hall–Kier alpha value is -3.42. The smallest absolute Gasteiger partial charge is 0.325 e. The summed E-state index contributed by atoms with van der Waals surface area (Å²) in [4.78, 5) is 43.3. The molecule has 1 aromatic heterocycles. The van der Waals surface area contributed by atoms with Crippen molar-refractivity contribution in [2.24, 2.45) is 0 Å². The number of aromatic nitrogens is 1. The molecule has 1 saturated heterocycles. The quantitative estimate of drug-likeness (QED) is 0.731. The molecule has 1 aromatic carbocycles. The van der Waals surface area contributed by atoms with Crippen molar-refractivity contribution >= 4 is 23.7 Å². The number of pyridine rings is 1. The normalized spacial score (nSPS) is 18.6. The van der Waals surface area contributed by atoms with Gasteiger partial charge in [0.15, 0.2) is 0 Å². The first-order chi connectivity index (χ1) is 13.8. The molecule has 1 fully saturated rings. The highest BCUT2D eigenvalue weighted by Gasteiger charge is 2.51. The Labute approximate surface area is 169 Å². The number of methoxy groups -OCH3 is 1. The standard InChI is InChI=1S/C21H24N4O4/c1-5-21(15-8-9-16(29-4)14(3)11-15)19(27)25(20(28)24-21)12-17(26)23-18-13(2)7-6-10-22-18/h6-11H,5,12H2,1-4H3,(H,24,28)(H,22,23,26). The molecule has 0 bridgehead atoms. The van der Waals surface area contributed by atoms with E-state index in [1.54, 1.807) is 31.5 Å². The first kappa shape index (κ1) is 20.3. The molecule has 1 unspecified atom stereocenters. The molecule has 0 saturated carbocycles. The number of rotatable bonds is 6. The van der Waals surface area contributed by atoms with E-state index in [-0.39, 0.29) is 0 Å². The van der Waals surface area contributed by atoms with E-state index in [0.717, 1.165) is 16.0 Å². The highest BCUT2D eigenvalue weighted by Crippen LogP contribution is 2.34. The minimum absolute atomic E-state index is 0.348. The Morgan fingerprint density at radius 3 is 2.62 bits per heavy atom. The van der Waals surface area contributed by atoms with Crippen LogP contribution in [-0.2, 0) is 15.1 Å². The summed E-state index contributed by atoms with van der Waals surface area (Å²) in [5.41, 5.74) is 1.08. The molecular weight excluding hydrogens is 372 g/mol. The Bertz CT molecular complexity index is 975. The number of urea groups is 1. The number of nitrogens with one attached hydrogen (secondary N) is 2. The number of ether oxygens (including phenoxy) is 1. The summed E-state index contributed by atoms with van der Waals surface area (Å²) in [5, 5.41) is 5.43. The lowest BCUT2D eigenvalue weighted by atomic mass is 9.86. The van der Waals surface area contributed by atoms with Crippen LogP contribution >= 0.6 is 0 Å². The number of amides is 4. The number of carbonyl (C=O) groups excluding carboxylic acids is 3. The van der Waals surface area contributed by atoms with Gasteiger partial charge in [-0.25, -0.2) is 9.78 Å². The molecule has 8 heteroatoms. The van der Waals surface area contributed by atoms with Crippen LogP contribution in [0.4, 0.5) is 10.6 Å². The minimum Gasteiger partial charge on any atom is -0.496 e. The second kappa shape index (κ2) is 7.90. The van der Waals surface area contributed by atoms with Gasteiger partial charge >= 0.3 is 6.03 Å². The van der Waals surface area contributed by atoms with E-state index in [4.69, 9.17) is 4.74 Å². The average Bonchev–Trinajstić information content (AvgIpc) is 2.94. The number of hydrogen-bond donors (Lipinski definition) is 2. The molecule has 0 aliphatic carbocycles. The topological polar surface area (TPSA) is 101 Å².